The number of nitrogens with one attached hydrogen (secondary N) is 1. The molecule has 0 spiro atoms. The Labute approximate surface area is 144 Å². The van der Waals surface area contributed by atoms with E-state index in [9.17, 15) is 13.2 Å². The number of aromatic nitrogens is 3. The van der Waals surface area contributed by atoms with Crippen LogP contribution in [0.5, 0.6) is 0 Å². The van der Waals surface area contributed by atoms with Crippen LogP contribution in [0.25, 0.3) is 5.52 Å². The van der Waals surface area contributed by atoms with Crippen molar-refractivity contribution in [2.45, 2.75) is 18.5 Å². The molecule has 1 atom stereocenters. The molecule has 2 heterocycles. The van der Waals surface area contributed by atoms with Gasteiger partial charge in [0.05, 0.1) is 16.6 Å². The molecule has 0 saturated carbocycles. The van der Waals surface area contributed by atoms with Crippen molar-refractivity contribution in [3.05, 3.63) is 59.0 Å². The van der Waals surface area contributed by atoms with Crippen molar-refractivity contribution in [1.82, 2.24) is 14.6 Å². The number of benzene rings is 1. The minimum absolute atomic E-state index is 0.0813. The standard InChI is InChI=1S/C16H14BrF3N4/c17-13-10-23-24-9-8-22-15(14(13)24)21-7-6-12(16(18,19)20)11-4-2-1-3-5-11/h1-5,8-10,12H,6-7H2,(H,21,22). The molecule has 0 amide bonds. The highest BCUT2D eigenvalue weighted by atomic mass is 79.9. The van der Waals surface area contributed by atoms with Crippen molar-refractivity contribution < 1.29 is 13.2 Å². The van der Waals surface area contributed by atoms with Crippen molar-refractivity contribution in [2.75, 3.05) is 11.9 Å². The topological polar surface area (TPSA) is 42.2 Å². The first-order chi connectivity index (χ1) is 11.5. The molecule has 0 saturated heterocycles. The summed E-state index contributed by atoms with van der Waals surface area (Å²) < 4.78 is 42.3. The van der Waals surface area contributed by atoms with Gasteiger partial charge in [0.2, 0.25) is 0 Å². The molecule has 126 valence electrons. The summed E-state index contributed by atoms with van der Waals surface area (Å²) in [7, 11) is 0. The van der Waals surface area contributed by atoms with Crippen LogP contribution in [-0.2, 0) is 0 Å². The fraction of sp³-hybridized carbons (Fsp3) is 0.250. The quantitative estimate of drug-likeness (QED) is 0.680. The molecular formula is C16H14BrF3N4. The summed E-state index contributed by atoms with van der Waals surface area (Å²) in [5, 5.41) is 7.10. The van der Waals surface area contributed by atoms with Gasteiger partial charge in [0, 0.05) is 18.9 Å². The van der Waals surface area contributed by atoms with E-state index in [1.54, 1.807) is 41.3 Å². The van der Waals surface area contributed by atoms with Gasteiger partial charge in [0.15, 0.2) is 5.82 Å². The van der Waals surface area contributed by atoms with E-state index in [-0.39, 0.29) is 18.5 Å². The second-order valence-electron chi connectivity index (χ2n) is 5.28. The lowest BCUT2D eigenvalue weighted by atomic mass is 9.95. The van der Waals surface area contributed by atoms with Crippen molar-refractivity contribution in [3.8, 4) is 0 Å². The van der Waals surface area contributed by atoms with Crippen molar-refractivity contribution in [2.24, 2.45) is 0 Å². The molecule has 3 aromatic rings. The molecule has 8 heteroatoms. The van der Waals surface area contributed by atoms with Crippen LogP contribution in [0.3, 0.4) is 0 Å². The first-order valence-corrected chi connectivity index (χ1v) is 8.09. The Kier molecular flexibility index (Phi) is 4.75. The van der Waals surface area contributed by atoms with E-state index < -0.39 is 12.1 Å². The smallest absolute Gasteiger partial charge is 0.368 e. The fourth-order valence-corrected chi connectivity index (χ4v) is 3.04. The van der Waals surface area contributed by atoms with Gasteiger partial charge in [0.25, 0.3) is 0 Å². The van der Waals surface area contributed by atoms with Gasteiger partial charge in [-0.25, -0.2) is 9.50 Å². The highest BCUT2D eigenvalue weighted by molar-refractivity contribution is 9.10. The van der Waals surface area contributed by atoms with Crippen molar-refractivity contribution in [3.63, 3.8) is 0 Å². The molecule has 24 heavy (non-hydrogen) atoms. The van der Waals surface area contributed by atoms with E-state index >= 15 is 0 Å². The Hall–Kier alpha value is -2.09. The number of alkyl halides is 3. The van der Waals surface area contributed by atoms with E-state index in [0.29, 0.717) is 11.3 Å². The lowest BCUT2D eigenvalue weighted by Crippen LogP contribution is -2.23. The van der Waals surface area contributed by atoms with Gasteiger partial charge in [-0.2, -0.15) is 18.3 Å². The van der Waals surface area contributed by atoms with Crippen molar-refractivity contribution in [1.29, 1.82) is 0 Å². The van der Waals surface area contributed by atoms with Gasteiger partial charge >= 0.3 is 6.18 Å². The van der Waals surface area contributed by atoms with E-state index in [2.05, 4.69) is 31.3 Å². The largest absolute Gasteiger partial charge is 0.395 e. The van der Waals surface area contributed by atoms with Gasteiger partial charge in [-0.05, 0) is 27.9 Å². The van der Waals surface area contributed by atoms with Gasteiger partial charge < -0.3 is 5.32 Å². The maximum atomic E-state index is 13.3. The summed E-state index contributed by atoms with van der Waals surface area (Å²) in [6.45, 7) is 0.142. The number of anilines is 1. The lowest BCUT2D eigenvalue weighted by Gasteiger charge is -2.21. The summed E-state index contributed by atoms with van der Waals surface area (Å²) in [4.78, 5) is 4.19. The molecular weight excluding hydrogens is 385 g/mol. The third-order valence-corrected chi connectivity index (χ3v) is 4.29. The molecule has 0 fully saturated rings. The fourth-order valence-electron chi connectivity index (χ4n) is 2.58. The molecule has 1 N–H and O–H groups in total. The predicted octanol–water partition coefficient (Wildman–Crippen LogP) is 4.64. The molecule has 0 aliphatic carbocycles. The van der Waals surface area contributed by atoms with E-state index in [4.69, 9.17) is 0 Å². The highest BCUT2D eigenvalue weighted by Gasteiger charge is 2.40. The van der Waals surface area contributed by atoms with Gasteiger partial charge in [-0.15, -0.1) is 0 Å². The first-order valence-electron chi connectivity index (χ1n) is 7.30. The van der Waals surface area contributed by atoms with Crippen LogP contribution in [0, 0.1) is 0 Å². The van der Waals surface area contributed by atoms with E-state index in [1.807, 2.05) is 0 Å². The Balaban J connectivity index is 1.75. The van der Waals surface area contributed by atoms with Crippen LogP contribution < -0.4 is 5.32 Å². The Morgan fingerprint density at radius 2 is 1.96 bits per heavy atom. The van der Waals surface area contributed by atoms with Crippen LogP contribution in [0.2, 0.25) is 0 Å². The molecule has 0 radical (unpaired) electrons. The number of hydrogen-bond acceptors (Lipinski definition) is 3. The summed E-state index contributed by atoms with van der Waals surface area (Å²) in [6.07, 6.45) is 0.466. The van der Waals surface area contributed by atoms with Crippen LogP contribution >= 0.6 is 15.9 Å². The Morgan fingerprint density at radius 3 is 2.67 bits per heavy atom. The number of halogens is 4. The number of nitrogens with zero attached hydrogens (tertiary/aromatic N) is 3. The molecule has 0 aliphatic heterocycles. The molecule has 1 unspecified atom stereocenters. The monoisotopic (exact) mass is 398 g/mol. The summed E-state index contributed by atoms with van der Waals surface area (Å²) in [5.41, 5.74) is 0.962. The van der Waals surface area contributed by atoms with Crippen LogP contribution in [0.1, 0.15) is 17.9 Å². The zero-order chi connectivity index (χ0) is 17.2. The maximum absolute atomic E-state index is 13.3. The molecule has 0 aliphatic rings. The average Bonchev–Trinajstić information content (AvgIpc) is 2.93. The van der Waals surface area contributed by atoms with E-state index in [1.165, 1.54) is 12.1 Å². The zero-order valence-electron chi connectivity index (χ0n) is 12.5. The van der Waals surface area contributed by atoms with Gasteiger partial charge in [0.1, 0.15) is 5.52 Å². The Morgan fingerprint density at radius 1 is 1.21 bits per heavy atom. The normalized spacial score (nSPS) is 13.2. The minimum Gasteiger partial charge on any atom is -0.368 e. The highest BCUT2D eigenvalue weighted by Crippen LogP contribution is 2.37. The number of rotatable bonds is 5. The zero-order valence-corrected chi connectivity index (χ0v) is 14.0. The third-order valence-electron chi connectivity index (χ3n) is 3.71. The SMILES string of the molecule is FC(F)(F)C(CCNc1nccn2ncc(Br)c12)c1ccccc1. The third kappa shape index (κ3) is 3.53. The summed E-state index contributed by atoms with van der Waals surface area (Å²) >= 11 is 3.36. The van der Waals surface area contributed by atoms with Crippen LogP contribution in [-0.4, -0.2) is 27.3 Å². The molecule has 0 bridgehead atoms. The Bertz CT molecular complexity index is 817. The second-order valence-corrected chi connectivity index (χ2v) is 6.14. The summed E-state index contributed by atoms with van der Waals surface area (Å²) in [5.74, 6) is -1.02. The van der Waals surface area contributed by atoms with Crippen molar-refractivity contribution >= 4 is 27.3 Å². The predicted molar refractivity (Wildman–Crippen MR) is 89.0 cm³/mol. The molecule has 2 aromatic heterocycles. The maximum Gasteiger partial charge on any atom is 0.395 e. The molecule has 3 rings (SSSR count). The second kappa shape index (κ2) is 6.80. The van der Waals surface area contributed by atoms with E-state index in [0.717, 1.165) is 4.47 Å². The number of hydrogen-bond donors (Lipinski definition) is 1. The average molecular weight is 399 g/mol. The lowest BCUT2D eigenvalue weighted by molar-refractivity contribution is -0.151. The van der Waals surface area contributed by atoms with Crippen LogP contribution in [0.15, 0.2) is 53.4 Å². The van der Waals surface area contributed by atoms with Crippen LogP contribution in [0.4, 0.5) is 19.0 Å². The molecule has 4 nitrogen and oxygen atoms in total. The van der Waals surface area contributed by atoms with Gasteiger partial charge in [-0.1, -0.05) is 30.3 Å². The first kappa shape index (κ1) is 16.8. The molecule has 1 aromatic carbocycles. The van der Waals surface area contributed by atoms with Gasteiger partial charge in [-0.3, -0.25) is 0 Å². The summed E-state index contributed by atoms with van der Waals surface area (Å²) in [6, 6.07) is 7.95. The number of fused-ring (bicyclic) bond motifs is 1. The minimum atomic E-state index is -4.29.